The number of carbonyl (C=O) groups is 2. The Kier molecular flexibility index (Phi) is 7.24. The van der Waals surface area contributed by atoms with Gasteiger partial charge in [-0.3, -0.25) is 14.3 Å². The van der Waals surface area contributed by atoms with Gasteiger partial charge in [-0.2, -0.15) is 0 Å². The maximum Gasteiger partial charge on any atom is 0.261 e. The number of hydrogen-bond donors (Lipinski definition) is 3. The van der Waals surface area contributed by atoms with Crippen LogP contribution in [0.5, 0.6) is 0 Å². The molecule has 1 fully saturated rings. The highest BCUT2D eigenvalue weighted by Gasteiger charge is 2.21. The molecule has 2 amide bonds. The number of rotatable bonds is 8. The van der Waals surface area contributed by atoms with Gasteiger partial charge >= 0.3 is 0 Å². The van der Waals surface area contributed by atoms with E-state index in [1.54, 1.807) is 54.6 Å². The van der Waals surface area contributed by atoms with Crippen LogP contribution < -0.4 is 15.4 Å². The van der Waals surface area contributed by atoms with Gasteiger partial charge in [0.05, 0.1) is 33.5 Å². The van der Waals surface area contributed by atoms with E-state index in [-0.39, 0.29) is 28.2 Å². The van der Waals surface area contributed by atoms with Crippen molar-refractivity contribution in [3.05, 3.63) is 90.0 Å². The van der Waals surface area contributed by atoms with Crippen molar-refractivity contribution in [3.63, 3.8) is 0 Å². The Balaban J connectivity index is 1.51. The van der Waals surface area contributed by atoms with Crippen molar-refractivity contribution in [2.45, 2.75) is 23.8 Å². The molecule has 0 aliphatic carbocycles. The van der Waals surface area contributed by atoms with Gasteiger partial charge in [-0.25, -0.2) is 8.42 Å². The Morgan fingerprint density at radius 1 is 0.824 bits per heavy atom. The van der Waals surface area contributed by atoms with Crippen molar-refractivity contribution in [1.82, 2.24) is 5.32 Å². The zero-order valence-electron chi connectivity index (χ0n) is 18.4. The summed E-state index contributed by atoms with van der Waals surface area (Å²) >= 11 is 0. The number of anilines is 2. The van der Waals surface area contributed by atoms with Gasteiger partial charge in [-0.05, 0) is 49.2 Å². The van der Waals surface area contributed by atoms with E-state index in [4.69, 9.17) is 4.74 Å². The maximum absolute atomic E-state index is 13.1. The van der Waals surface area contributed by atoms with Gasteiger partial charge in [0, 0.05) is 13.2 Å². The van der Waals surface area contributed by atoms with Crippen LogP contribution in [0.3, 0.4) is 0 Å². The molecule has 3 aromatic carbocycles. The fourth-order valence-corrected chi connectivity index (χ4v) is 4.76. The Morgan fingerprint density at radius 3 is 2.12 bits per heavy atom. The van der Waals surface area contributed by atoms with Crippen LogP contribution in [-0.2, 0) is 14.8 Å². The third kappa shape index (κ3) is 5.62. The van der Waals surface area contributed by atoms with Gasteiger partial charge in [-0.1, -0.05) is 42.5 Å². The van der Waals surface area contributed by atoms with Gasteiger partial charge < -0.3 is 15.4 Å². The number of sulfonamides is 1. The molecule has 34 heavy (non-hydrogen) atoms. The van der Waals surface area contributed by atoms with Crippen LogP contribution in [0, 0.1) is 0 Å². The molecule has 176 valence electrons. The molecule has 1 heterocycles. The molecule has 0 saturated carbocycles. The highest BCUT2D eigenvalue weighted by Crippen LogP contribution is 2.23. The molecule has 3 N–H and O–H groups in total. The first kappa shape index (κ1) is 23.5. The second-order valence-corrected chi connectivity index (χ2v) is 9.49. The summed E-state index contributed by atoms with van der Waals surface area (Å²) in [5, 5.41) is 5.58. The first-order valence-corrected chi connectivity index (χ1v) is 12.4. The Labute approximate surface area is 198 Å². The summed E-state index contributed by atoms with van der Waals surface area (Å²) < 4.78 is 33.5. The first-order chi connectivity index (χ1) is 16.4. The van der Waals surface area contributed by atoms with E-state index in [9.17, 15) is 18.0 Å². The molecular formula is C25H25N3O5S. The zero-order valence-corrected chi connectivity index (χ0v) is 19.2. The molecular weight excluding hydrogens is 454 g/mol. The Hall–Kier alpha value is -3.69. The summed E-state index contributed by atoms with van der Waals surface area (Å²) in [4.78, 5) is 25.9. The smallest absolute Gasteiger partial charge is 0.261 e. The maximum atomic E-state index is 13.1. The van der Waals surface area contributed by atoms with E-state index < -0.39 is 15.9 Å². The van der Waals surface area contributed by atoms with E-state index in [0.717, 1.165) is 12.8 Å². The number of carbonyl (C=O) groups excluding carboxylic acids is 2. The van der Waals surface area contributed by atoms with E-state index in [1.807, 2.05) is 0 Å². The van der Waals surface area contributed by atoms with E-state index in [0.29, 0.717) is 24.4 Å². The van der Waals surface area contributed by atoms with Crippen LogP contribution in [0.15, 0.2) is 83.8 Å². The van der Waals surface area contributed by atoms with Gasteiger partial charge in [0.2, 0.25) is 0 Å². The summed E-state index contributed by atoms with van der Waals surface area (Å²) in [5.41, 5.74) is 0.870. The molecule has 1 atom stereocenters. The van der Waals surface area contributed by atoms with E-state index >= 15 is 0 Å². The number of benzene rings is 3. The topological polar surface area (TPSA) is 114 Å². The molecule has 0 bridgehead atoms. The van der Waals surface area contributed by atoms with Crippen LogP contribution >= 0.6 is 0 Å². The fraction of sp³-hybridized carbons (Fsp3) is 0.200. The summed E-state index contributed by atoms with van der Waals surface area (Å²) in [5.74, 6) is -0.879. The standard InChI is InChI=1S/C25H25N3O5S/c29-24(26-17-18-9-8-16-33-18)20-12-4-6-14-22(20)27-25(30)21-13-5-7-15-23(21)28-34(31,32)19-10-2-1-3-11-19/h1-7,10-15,18,28H,8-9,16-17H2,(H,26,29)(H,27,30)/t18-/m1/s1. The van der Waals surface area contributed by atoms with E-state index in [2.05, 4.69) is 15.4 Å². The lowest BCUT2D eigenvalue weighted by molar-refractivity contribution is 0.0858. The molecule has 0 spiro atoms. The SMILES string of the molecule is O=C(NC[C@H]1CCCO1)c1ccccc1NC(=O)c1ccccc1NS(=O)(=O)c1ccccc1. The largest absolute Gasteiger partial charge is 0.376 e. The molecule has 0 unspecified atom stereocenters. The molecule has 4 rings (SSSR count). The molecule has 8 nitrogen and oxygen atoms in total. The Morgan fingerprint density at radius 2 is 1.44 bits per heavy atom. The van der Waals surface area contributed by atoms with Crippen molar-refractivity contribution in [3.8, 4) is 0 Å². The predicted molar refractivity (Wildman–Crippen MR) is 129 cm³/mol. The lowest BCUT2D eigenvalue weighted by Gasteiger charge is -2.15. The number of para-hydroxylation sites is 2. The normalized spacial score (nSPS) is 15.5. The van der Waals surface area contributed by atoms with Gasteiger partial charge in [0.15, 0.2) is 0 Å². The second-order valence-electron chi connectivity index (χ2n) is 7.81. The van der Waals surface area contributed by atoms with Crippen molar-refractivity contribution in [2.24, 2.45) is 0 Å². The minimum absolute atomic E-state index is 0.00443. The third-order valence-electron chi connectivity index (χ3n) is 5.40. The molecule has 1 saturated heterocycles. The first-order valence-electron chi connectivity index (χ1n) is 10.9. The quantitative estimate of drug-likeness (QED) is 0.456. The average molecular weight is 480 g/mol. The fourth-order valence-electron chi connectivity index (χ4n) is 3.66. The molecule has 1 aliphatic heterocycles. The second kappa shape index (κ2) is 10.5. The van der Waals surface area contributed by atoms with Crippen molar-refractivity contribution < 1.29 is 22.7 Å². The van der Waals surface area contributed by atoms with Gasteiger partial charge in [-0.15, -0.1) is 0 Å². The highest BCUT2D eigenvalue weighted by molar-refractivity contribution is 7.92. The summed E-state index contributed by atoms with van der Waals surface area (Å²) in [6.45, 7) is 1.09. The number of hydrogen-bond acceptors (Lipinski definition) is 5. The van der Waals surface area contributed by atoms with Crippen LogP contribution in [0.1, 0.15) is 33.6 Å². The number of ether oxygens (including phenoxy) is 1. The summed E-state index contributed by atoms with van der Waals surface area (Å²) in [6, 6.07) is 20.8. The van der Waals surface area contributed by atoms with Crippen LogP contribution in [0.25, 0.3) is 0 Å². The minimum atomic E-state index is -3.89. The summed E-state index contributed by atoms with van der Waals surface area (Å²) in [7, 11) is -3.89. The van der Waals surface area contributed by atoms with Crippen LogP contribution in [0.2, 0.25) is 0 Å². The zero-order chi connectivity index (χ0) is 24.0. The minimum Gasteiger partial charge on any atom is -0.376 e. The van der Waals surface area contributed by atoms with Crippen molar-refractivity contribution >= 4 is 33.2 Å². The molecule has 9 heteroatoms. The Bertz CT molecular complexity index is 1270. The predicted octanol–water partition coefficient (Wildman–Crippen LogP) is 3.65. The average Bonchev–Trinajstić information content (AvgIpc) is 3.37. The lowest BCUT2D eigenvalue weighted by Crippen LogP contribution is -2.32. The van der Waals surface area contributed by atoms with Gasteiger partial charge in [0.25, 0.3) is 21.8 Å². The van der Waals surface area contributed by atoms with Crippen LogP contribution in [-0.4, -0.2) is 39.5 Å². The third-order valence-corrected chi connectivity index (χ3v) is 6.79. The monoisotopic (exact) mass is 479 g/mol. The molecule has 1 aliphatic rings. The highest BCUT2D eigenvalue weighted by atomic mass is 32.2. The molecule has 0 aromatic heterocycles. The van der Waals surface area contributed by atoms with Gasteiger partial charge in [0.1, 0.15) is 0 Å². The number of nitrogens with one attached hydrogen (secondary N) is 3. The lowest BCUT2D eigenvalue weighted by atomic mass is 10.1. The number of amides is 2. The molecule has 3 aromatic rings. The summed E-state index contributed by atoms with van der Waals surface area (Å²) in [6.07, 6.45) is 1.87. The van der Waals surface area contributed by atoms with E-state index in [1.165, 1.54) is 24.3 Å². The van der Waals surface area contributed by atoms with Crippen LogP contribution in [0.4, 0.5) is 11.4 Å². The molecule has 0 radical (unpaired) electrons. The van der Waals surface area contributed by atoms with Crippen molar-refractivity contribution in [1.29, 1.82) is 0 Å². The van der Waals surface area contributed by atoms with Crippen molar-refractivity contribution in [2.75, 3.05) is 23.2 Å².